The molecule has 1 aliphatic carbocycles. The minimum absolute atomic E-state index is 0.0514. The van der Waals surface area contributed by atoms with E-state index in [4.69, 9.17) is 4.74 Å². The van der Waals surface area contributed by atoms with Crippen LogP contribution < -0.4 is 5.32 Å². The van der Waals surface area contributed by atoms with E-state index in [9.17, 15) is 5.11 Å². The van der Waals surface area contributed by atoms with Crippen molar-refractivity contribution in [2.45, 2.75) is 71.6 Å². The lowest BCUT2D eigenvalue weighted by molar-refractivity contribution is -0.0392. The number of ether oxygens (including phenoxy) is 1. The van der Waals surface area contributed by atoms with Crippen LogP contribution in [-0.2, 0) is 4.74 Å². The van der Waals surface area contributed by atoms with E-state index in [-0.39, 0.29) is 5.54 Å². The molecule has 1 saturated carbocycles. The number of hydrogen-bond donors (Lipinski definition) is 2. The first-order valence-corrected chi connectivity index (χ1v) is 7.32. The fraction of sp³-hybridized carbons (Fsp3) is 1.00. The van der Waals surface area contributed by atoms with Crippen LogP contribution in [0.3, 0.4) is 0 Å². The smallest absolute Gasteiger partial charge is 0.0898 e. The molecular formula is C15H31NO2. The summed E-state index contributed by atoms with van der Waals surface area (Å²) in [5.74, 6) is 1.56. The molecule has 3 nitrogen and oxygen atoms in total. The molecule has 0 aromatic heterocycles. The van der Waals surface area contributed by atoms with Gasteiger partial charge in [-0.2, -0.15) is 0 Å². The van der Waals surface area contributed by atoms with E-state index in [1.54, 1.807) is 0 Å². The summed E-state index contributed by atoms with van der Waals surface area (Å²) < 4.78 is 5.84. The molecule has 0 radical (unpaired) electrons. The Labute approximate surface area is 112 Å². The Morgan fingerprint density at radius 1 is 1.22 bits per heavy atom. The fourth-order valence-electron chi connectivity index (χ4n) is 2.38. The lowest BCUT2D eigenvalue weighted by Crippen LogP contribution is -2.42. The Balaban J connectivity index is 2.16. The molecule has 0 amide bonds. The van der Waals surface area contributed by atoms with Crippen molar-refractivity contribution in [2.24, 2.45) is 11.8 Å². The number of hydrogen-bond acceptors (Lipinski definition) is 3. The van der Waals surface area contributed by atoms with Crippen molar-refractivity contribution in [3.8, 4) is 0 Å². The molecule has 1 aliphatic rings. The molecule has 0 bridgehead atoms. The fourth-order valence-corrected chi connectivity index (χ4v) is 2.38. The summed E-state index contributed by atoms with van der Waals surface area (Å²) in [5, 5.41) is 13.2. The van der Waals surface area contributed by atoms with Gasteiger partial charge in [0.05, 0.1) is 18.8 Å². The molecule has 1 rings (SSSR count). The number of nitrogens with one attached hydrogen (secondary N) is 1. The summed E-state index contributed by atoms with van der Waals surface area (Å²) >= 11 is 0. The zero-order valence-electron chi connectivity index (χ0n) is 12.7. The van der Waals surface area contributed by atoms with E-state index in [0.717, 1.165) is 24.7 Å². The van der Waals surface area contributed by atoms with Gasteiger partial charge in [-0.05, 0) is 51.9 Å². The molecule has 18 heavy (non-hydrogen) atoms. The Morgan fingerprint density at radius 3 is 2.44 bits per heavy atom. The van der Waals surface area contributed by atoms with E-state index in [2.05, 4.69) is 39.9 Å². The monoisotopic (exact) mass is 257 g/mol. The second-order valence-corrected chi connectivity index (χ2v) is 7.01. The van der Waals surface area contributed by atoms with Crippen molar-refractivity contribution in [1.82, 2.24) is 5.32 Å². The number of rotatable bonds is 5. The largest absolute Gasteiger partial charge is 0.389 e. The third-order valence-electron chi connectivity index (χ3n) is 3.94. The van der Waals surface area contributed by atoms with Gasteiger partial charge in [0.1, 0.15) is 0 Å². The molecule has 0 heterocycles. The zero-order valence-corrected chi connectivity index (χ0v) is 12.7. The minimum Gasteiger partial charge on any atom is -0.389 e. The highest BCUT2D eigenvalue weighted by Gasteiger charge is 2.25. The number of β-amino-alcohol motifs (C(OH)–C–C–N with tert-alkyl or cyclic N) is 1. The van der Waals surface area contributed by atoms with Gasteiger partial charge in [-0.3, -0.25) is 0 Å². The number of aliphatic hydroxyl groups excluding tert-OH is 1. The maximum absolute atomic E-state index is 9.87. The van der Waals surface area contributed by atoms with Gasteiger partial charge in [-0.25, -0.2) is 0 Å². The van der Waals surface area contributed by atoms with Gasteiger partial charge in [0.15, 0.2) is 0 Å². The van der Waals surface area contributed by atoms with E-state index < -0.39 is 6.10 Å². The van der Waals surface area contributed by atoms with Crippen molar-refractivity contribution in [2.75, 3.05) is 13.2 Å². The summed E-state index contributed by atoms with van der Waals surface area (Å²) in [5.41, 5.74) is 0.0514. The Kier molecular flexibility index (Phi) is 6.09. The molecule has 108 valence electrons. The van der Waals surface area contributed by atoms with Crippen LogP contribution >= 0.6 is 0 Å². The number of aliphatic hydroxyl groups is 1. The molecule has 4 unspecified atom stereocenters. The second kappa shape index (κ2) is 6.88. The quantitative estimate of drug-likeness (QED) is 0.795. The van der Waals surface area contributed by atoms with E-state index >= 15 is 0 Å². The first-order chi connectivity index (χ1) is 8.28. The Hall–Kier alpha value is -0.120. The molecule has 0 spiro atoms. The van der Waals surface area contributed by atoms with Crippen molar-refractivity contribution in [1.29, 1.82) is 0 Å². The van der Waals surface area contributed by atoms with Crippen molar-refractivity contribution >= 4 is 0 Å². The first-order valence-electron chi connectivity index (χ1n) is 7.32. The second-order valence-electron chi connectivity index (χ2n) is 7.01. The average Bonchev–Trinajstić information content (AvgIpc) is 2.27. The molecule has 0 aromatic rings. The van der Waals surface area contributed by atoms with Crippen LogP contribution in [0.2, 0.25) is 0 Å². The predicted molar refractivity (Wildman–Crippen MR) is 75.7 cm³/mol. The van der Waals surface area contributed by atoms with Crippen molar-refractivity contribution in [3.05, 3.63) is 0 Å². The molecule has 0 saturated heterocycles. The van der Waals surface area contributed by atoms with Crippen LogP contribution in [0.15, 0.2) is 0 Å². The van der Waals surface area contributed by atoms with Gasteiger partial charge in [-0.15, -0.1) is 0 Å². The van der Waals surface area contributed by atoms with Gasteiger partial charge >= 0.3 is 0 Å². The van der Waals surface area contributed by atoms with Gasteiger partial charge in [0, 0.05) is 12.1 Å². The molecule has 4 atom stereocenters. The lowest BCUT2D eigenvalue weighted by Gasteiger charge is -2.32. The van der Waals surface area contributed by atoms with Gasteiger partial charge in [-0.1, -0.05) is 13.8 Å². The summed E-state index contributed by atoms with van der Waals surface area (Å²) in [4.78, 5) is 0. The summed E-state index contributed by atoms with van der Waals surface area (Å²) in [7, 11) is 0. The third-order valence-corrected chi connectivity index (χ3v) is 3.94. The standard InChI is InChI=1S/C15H31NO2/c1-11-6-7-14(8-12(11)2)18-10-13(17)9-16-15(3,4)5/h11-14,16-17H,6-10H2,1-5H3. The Morgan fingerprint density at radius 2 is 1.89 bits per heavy atom. The summed E-state index contributed by atoms with van der Waals surface area (Å²) in [6.07, 6.45) is 3.48. The van der Waals surface area contributed by atoms with Gasteiger partial charge in [0.25, 0.3) is 0 Å². The highest BCUT2D eigenvalue weighted by molar-refractivity contribution is 4.77. The summed E-state index contributed by atoms with van der Waals surface area (Å²) in [6.45, 7) is 12.0. The maximum atomic E-state index is 9.87. The lowest BCUT2D eigenvalue weighted by atomic mass is 9.80. The maximum Gasteiger partial charge on any atom is 0.0898 e. The van der Waals surface area contributed by atoms with Crippen LogP contribution in [-0.4, -0.2) is 36.0 Å². The van der Waals surface area contributed by atoms with Crippen LogP contribution in [0.25, 0.3) is 0 Å². The van der Waals surface area contributed by atoms with Crippen LogP contribution in [0.1, 0.15) is 53.9 Å². The third kappa shape index (κ3) is 6.17. The minimum atomic E-state index is -0.404. The predicted octanol–water partition coefficient (Wildman–Crippen LogP) is 2.58. The normalized spacial score (nSPS) is 31.3. The Bertz CT molecular complexity index is 237. The van der Waals surface area contributed by atoms with Crippen LogP contribution in [0.5, 0.6) is 0 Å². The molecule has 0 aromatic carbocycles. The zero-order chi connectivity index (χ0) is 13.8. The first kappa shape index (κ1) is 15.9. The highest BCUT2D eigenvalue weighted by Crippen LogP contribution is 2.30. The molecule has 1 fully saturated rings. The average molecular weight is 257 g/mol. The molecular weight excluding hydrogens is 226 g/mol. The van der Waals surface area contributed by atoms with Crippen molar-refractivity contribution < 1.29 is 9.84 Å². The molecule has 0 aliphatic heterocycles. The topological polar surface area (TPSA) is 41.5 Å². The molecule has 2 N–H and O–H groups in total. The van der Waals surface area contributed by atoms with E-state index in [1.165, 1.54) is 6.42 Å². The van der Waals surface area contributed by atoms with Crippen LogP contribution in [0.4, 0.5) is 0 Å². The van der Waals surface area contributed by atoms with E-state index in [1.807, 2.05) is 0 Å². The van der Waals surface area contributed by atoms with Gasteiger partial charge in [0.2, 0.25) is 0 Å². The summed E-state index contributed by atoms with van der Waals surface area (Å²) in [6, 6.07) is 0. The molecule has 3 heteroatoms. The van der Waals surface area contributed by atoms with E-state index in [0.29, 0.717) is 19.3 Å². The SMILES string of the molecule is CC1CCC(OCC(O)CNC(C)(C)C)CC1C. The van der Waals surface area contributed by atoms with Gasteiger partial charge < -0.3 is 15.2 Å². The van der Waals surface area contributed by atoms with Crippen LogP contribution in [0, 0.1) is 11.8 Å². The highest BCUT2D eigenvalue weighted by atomic mass is 16.5. The van der Waals surface area contributed by atoms with Crippen molar-refractivity contribution in [3.63, 3.8) is 0 Å².